The Kier molecular flexibility index (Phi) is 4.81. The summed E-state index contributed by atoms with van der Waals surface area (Å²) in [5.41, 5.74) is 1.81. The summed E-state index contributed by atoms with van der Waals surface area (Å²) in [5, 5.41) is 0. The van der Waals surface area contributed by atoms with Crippen LogP contribution in [0, 0.1) is 11.3 Å². The topological polar surface area (TPSA) is 18.5 Å². The molecular formula is C13H24O2. The predicted molar refractivity (Wildman–Crippen MR) is 62.7 cm³/mol. The number of allylic oxidation sites excluding steroid dienone is 1. The average molecular weight is 212 g/mol. The molecule has 1 atom stereocenters. The minimum Gasteiger partial charge on any atom is -0.359 e. The SMILES string of the molecule is COCOCC1=CCCCC1C(C)(C)C. The maximum absolute atomic E-state index is 5.46. The first-order chi connectivity index (χ1) is 7.05. The molecule has 1 aliphatic rings. The van der Waals surface area contributed by atoms with Gasteiger partial charge in [-0.05, 0) is 36.2 Å². The van der Waals surface area contributed by atoms with Crippen LogP contribution in [0.15, 0.2) is 11.6 Å². The van der Waals surface area contributed by atoms with Crippen LogP contribution in [0.5, 0.6) is 0 Å². The zero-order valence-corrected chi connectivity index (χ0v) is 10.5. The van der Waals surface area contributed by atoms with Crippen LogP contribution in [0.3, 0.4) is 0 Å². The summed E-state index contributed by atoms with van der Waals surface area (Å²) >= 11 is 0. The first kappa shape index (κ1) is 12.7. The van der Waals surface area contributed by atoms with Crippen molar-refractivity contribution in [1.82, 2.24) is 0 Å². The van der Waals surface area contributed by atoms with Crippen LogP contribution in [0.2, 0.25) is 0 Å². The Balaban J connectivity index is 2.54. The molecule has 0 aromatic carbocycles. The van der Waals surface area contributed by atoms with Gasteiger partial charge in [-0.25, -0.2) is 0 Å². The molecule has 15 heavy (non-hydrogen) atoms. The summed E-state index contributed by atoms with van der Waals surface area (Å²) in [4.78, 5) is 0. The van der Waals surface area contributed by atoms with Gasteiger partial charge in [-0.2, -0.15) is 0 Å². The third-order valence-corrected chi connectivity index (χ3v) is 3.07. The molecule has 2 nitrogen and oxygen atoms in total. The number of rotatable bonds is 4. The maximum Gasteiger partial charge on any atom is 0.146 e. The minimum atomic E-state index is 0.350. The highest BCUT2D eigenvalue weighted by Gasteiger charge is 2.29. The van der Waals surface area contributed by atoms with E-state index in [1.807, 2.05) is 0 Å². The van der Waals surface area contributed by atoms with E-state index < -0.39 is 0 Å². The lowest BCUT2D eigenvalue weighted by Gasteiger charge is -2.35. The fourth-order valence-corrected chi connectivity index (χ4v) is 2.33. The van der Waals surface area contributed by atoms with Crippen molar-refractivity contribution in [3.63, 3.8) is 0 Å². The molecule has 1 unspecified atom stereocenters. The zero-order valence-electron chi connectivity index (χ0n) is 10.5. The zero-order chi connectivity index (χ0) is 11.3. The molecule has 0 aromatic rings. The molecule has 0 bridgehead atoms. The summed E-state index contributed by atoms with van der Waals surface area (Å²) in [5.74, 6) is 0.670. The molecular weight excluding hydrogens is 188 g/mol. The van der Waals surface area contributed by atoms with Crippen LogP contribution in [0.1, 0.15) is 40.0 Å². The van der Waals surface area contributed by atoms with E-state index in [0.717, 1.165) is 6.61 Å². The Morgan fingerprint density at radius 1 is 1.40 bits per heavy atom. The second-order valence-corrected chi connectivity index (χ2v) is 5.38. The van der Waals surface area contributed by atoms with Crippen molar-refractivity contribution in [2.75, 3.05) is 20.5 Å². The van der Waals surface area contributed by atoms with Gasteiger partial charge in [0.2, 0.25) is 0 Å². The molecule has 0 aromatic heterocycles. The van der Waals surface area contributed by atoms with Gasteiger partial charge in [0.05, 0.1) is 6.61 Å². The van der Waals surface area contributed by atoms with E-state index >= 15 is 0 Å². The molecule has 0 radical (unpaired) electrons. The van der Waals surface area contributed by atoms with Crippen LogP contribution in [0.25, 0.3) is 0 Å². The van der Waals surface area contributed by atoms with E-state index in [2.05, 4.69) is 26.8 Å². The molecule has 0 saturated carbocycles. The van der Waals surface area contributed by atoms with Crippen LogP contribution < -0.4 is 0 Å². The second kappa shape index (κ2) is 5.66. The Hall–Kier alpha value is -0.340. The van der Waals surface area contributed by atoms with Gasteiger partial charge in [0.25, 0.3) is 0 Å². The van der Waals surface area contributed by atoms with Gasteiger partial charge in [-0.1, -0.05) is 26.8 Å². The first-order valence-electron chi connectivity index (χ1n) is 5.81. The Morgan fingerprint density at radius 3 is 2.73 bits per heavy atom. The van der Waals surface area contributed by atoms with Crippen LogP contribution >= 0.6 is 0 Å². The highest BCUT2D eigenvalue weighted by atomic mass is 16.7. The van der Waals surface area contributed by atoms with E-state index in [1.165, 1.54) is 24.8 Å². The standard InChI is InChI=1S/C13H24O2/c1-13(2,3)12-8-6-5-7-11(12)9-15-10-14-4/h7,12H,5-6,8-10H2,1-4H3. The minimum absolute atomic E-state index is 0.350. The van der Waals surface area contributed by atoms with E-state index in [4.69, 9.17) is 9.47 Å². The third-order valence-electron chi connectivity index (χ3n) is 3.07. The number of ether oxygens (including phenoxy) is 2. The summed E-state index contributed by atoms with van der Waals surface area (Å²) in [6, 6.07) is 0. The van der Waals surface area contributed by atoms with E-state index in [0.29, 0.717) is 18.1 Å². The Labute approximate surface area is 93.7 Å². The Morgan fingerprint density at radius 2 is 2.13 bits per heavy atom. The summed E-state index contributed by atoms with van der Waals surface area (Å²) in [6.07, 6.45) is 6.18. The summed E-state index contributed by atoms with van der Waals surface area (Å²) in [7, 11) is 1.66. The van der Waals surface area contributed by atoms with Crippen molar-refractivity contribution in [2.24, 2.45) is 11.3 Å². The highest BCUT2D eigenvalue weighted by molar-refractivity contribution is 5.13. The van der Waals surface area contributed by atoms with Gasteiger partial charge in [0.1, 0.15) is 6.79 Å². The molecule has 1 rings (SSSR count). The summed E-state index contributed by atoms with van der Waals surface area (Å²) in [6.45, 7) is 8.07. The van der Waals surface area contributed by atoms with Gasteiger partial charge >= 0.3 is 0 Å². The van der Waals surface area contributed by atoms with E-state index in [1.54, 1.807) is 7.11 Å². The number of hydrogen-bond acceptors (Lipinski definition) is 2. The van der Waals surface area contributed by atoms with Crippen molar-refractivity contribution >= 4 is 0 Å². The van der Waals surface area contributed by atoms with Crippen LogP contribution in [-0.4, -0.2) is 20.5 Å². The van der Waals surface area contributed by atoms with E-state index in [9.17, 15) is 0 Å². The third kappa shape index (κ3) is 3.96. The molecule has 88 valence electrons. The number of hydrogen-bond donors (Lipinski definition) is 0. The van der Waals surface area contributed by atoms with Crippen molar-refractivity contribution in [2.45, 2.75) is 40.0 Å². The highest BCUT2D eigenvalue weighted by Crippen LogP contribution is 2.38. The van der Waals surface area contributed by atoms with Crippen molar-refractivity contribution in [3.8, 4) is 0 Å². The lowest BCUT2D eigenvalue weighted by molar-refractivity contribution is -0.0253. The molecule has 0 saturated heterocycles. The van der Waals surface area contributed by atoms with E-state index in [-0.39, 0.29) is 0 Å². The van der Waals surface area contributed by atoms with Gasteiger partial charge in [-0.15, -0.1) is 0 Å². The normalized spacial score (nSPS) is 22.7. The molecule has 0 aliphatic heterocycles. The lowest BCUT2D eigenvalue weighted by atomic mass is 9.71. The molecule has 0 spiro atoms. The first-order valence-corrected chi connectivity index (χ1v) is 5.81. The van der Waals surface area contributed by atoms with Gasteiger partial charge in [0, 0.05) is 7.11 Å². The lowest BCUT2D eigenvalue weighted by Crippen LogP contribution is -2.26. The number of methoxy groups -OCH3 is 1. The molecule has 2 heteroatoms. The smallest absolute Gasteiger partial charge is 0.146 e. The van der Waals surface area contributed by atoms with Gasteiger partial charge in [0.15, 0.2) is 0 Å². The second-order valence-electron chi connectivity index (χ2n) is 5.38. The van der Waals surface area contributed by atoms with Crippen LogP contribution in [-0.2, 0) is 9.47 Å². The molecule has 0 N–H and O–H groups in total. The molecule has 0 amide bonds. The molecule has 1 aliphatic carbocycles. The maximum atomic E-state index is 5.46. The van der Waals surface area contributed by atoms with Gasteiger partial charge in [-0.3, -0.25) is 0 Å². The Bertz CT molecular complexity index is 213. The van der Waals surface area contributed by atoms with Crippen LogP contribution in [0.4, 0.5) is 0 Å². The average Bonchev–Trinajstić information content (AvgIpc) is 2.17. The fourth-order valence-electron chi connectivity index (χ4n) is 2.33. The van der Waals surface area contributed by atoms with Crippen molar-refractivity contribution < 1.29 is 9.47 Å². The fraction of sp³-hybridized carbons (Fsp3) is 0.846. The monoisotopic (exact) mass is 212 g/mol. The molecule has 0 heterocycles. The van der Waals surface area contributed by atoms with Gasteiger partial charge < -0.3 is 9.47 Å². The quantitative estimate of drug-likeness (QED) is 0.404. The van der Waals surface area contributed by atoms with Crippen molar-refractivity contribution in [3.05, 3.63) is 11.6 Å². The summed E-state index contributed by atoms with van der Waals surface area (Å²) < 4.78 is 10.4. The van der Waals surface area contributed by atoms with Crippen molar-refractivity contribution in [1.29, 1.82) is 0 Å². The largest absolute Gasteiger partial charge is 0.359 e. The predicted octanol–water partition coefficient (Wildman–Crippen LogP) is 3.38. The molecule has 0 fully saturated rings.